The normalized spacial score (nSPS) is 42.2. The van der Waals surface area contributed by atoms with E-state index < -0.39 is 94.3 Å². The van der Waals surface area contributed by atoms with E-state index in [9.17, 15) is 31.6 Å². The van der Waals surface area contributed by atoms with E-state index in [1.165, 1.54) is 12.2 Å². The average Bonchev–Trinajstić information content (AvgIpc) is 3.46. The monoisotopic (exact) mass is 466 g/mol. The van der Waals surface area contributed by atoms with Gasteiger partial charge in [0.25, 0.3) is 0 Å². The zero-order valence-electron chi connectivity index (χ0n) is 15.5. The van der Waals surface area contributed by atoms with Gasteiger partial charge in [-0.25, -0.2) is 0 Å². The van der Waals surface area contributed by atoms with Crippen molar-refractivity contribution in [2.75, 3.05) is 6.61 Å². The molecule has 4 fully saturated rings. The van der Waals surface area contributed by atoms with Crippen molar-refractivity contribution < 1.29 is 59.8 Å². The molecule has 0 spiro atoms. The molecular formula is C17H16F2O11S. The molecule has 5 aliphatic rings. The Hall–Kier alpha value is -2.16. The van der Waals surface area contributed by atoms with Crippen LogP contribution in [0.5, 0.6) is 0 Å². The minimum absolute atomic E-state index is 0.335. The molecule has 0 aliphatic carbocycles. The predicted octanol–water partition coefficient (Wildman–Crippen LogP) is -0.796. The molecule has 14 heteroatoms. The molecule has 4 saturated heterocycles. The standard InChI is InChI=1S/C17H16F2O11S/c18-17(19,31(23,24)25)4-26-15(21)9-6-1-2-7(27-6)10(9)16(22)29-12-8-3-5-11(28-8)13(12)30-14(5)20/h1-2,5-13H,3-4H2,(H,23,24,25). The first kappa shape index (κ1) is 20.7. The molecule has 5 rings (SSSR count). The summed E-state index contributed by atoms with van der Waals surface area (Å²) in [7, 11) is -5.79. The van der Waals surface area contributed by atoms with Crippen LogP contribution in [0, 0.1) is 17.8 Å². The van der Waals surface area contributed by atoms with Gasteiger partial charge in [0.15, 0.2) is 18.8 Å². The minimum atomic E-state index is -5.79. The van der Waals surface area contributed by atoms with Gasteiger partial charge in [-0.1, -0.05) is 12.2 Å². The van der Waals surface area contributed by atoms with Gasteiger partial charge >= 0.3 is 33.3 Å². The van der Waals surface area contributed by atoms with Crippen molar-refractivity contribution in [1.82, 2.24) is 0 Å². The van der Waals surface area contributed by atoms with E-state index in [1.54, 1.807) is 0 Å². The first-order valence-electron chi connectivity index (χ1n) is 9.40. The van der Waals surface area contributed by atoms with Gasteiger partial charge in [-0.05, 0) is 6.42 Å². The Morgan fingerprint density at radius 1 is 1.13 bits per heavy atom. The van der Waals surface area contributed by atoms with Gasteiger partial charge in [0.05, 0.1) is 24.2 Å². The quantitative estimate of drug-likeness (QED) is 0.227. The number of ether oxygens (including phenoxy) is 5. The van der Waals surface area contributed by atoms with Gasteiger partial charge in [0, 0.05) is 0 Å². The van der Waals surface area contributed by atoms with E-state index >= 15 is 0 Å². The first-order chi connectivity index (χ1) is 14.5. The molecule has 0 amide bonds. The van der Waals surface area contributed by atoms with E-state index in [-0.39, 0.29) is 0 Å². The van der Waals surface area contributed by atoms with E-state index in [4.69, 9.17) is 23.5 Å². The summed E-state index contributed by atoms with van der Waals surface area (Å²) in [5.41, 5.74) is 0. The Morgan fingerprint density at radius 2 is 1.77 bits per heavy atom. The van der Waals surface area contributed by atoms with Gasteiger partial charge in [0.1, 0.15) is 17.9 Å². The third-order valence-electron chi connectivity index (χ3n) is 6.24. The molecule has 170 valence electrons. The summed E-state index contributed by atoms with van der Waals surface area (Å²) in [6.45, 7) is -1.93. The highest BCUT2D eigenvalue weighted by Gasteiger charge is 2.66. The minimum Gasteiger partial charge on any atom is -0.458 e. The summed E-state index contributed by atoms with van der Waals surface area (Å²) in [6.07, 6.45) is -1.21. The molecule has 0 radical (unpaired) electrons. The Kier molecular flexibility index (Phi) is 4.46. The van der Waals surface area contributed by atoms with Crippen molar-refractivity contribution in [2.24, 2.45) is 17.8 Å². The second kappa shape index (κ2) is 6.67. The van der Waals surface area contributed by atoms with Gasteiger partial charge in [-0.3, -0.25) is 18.9 Å². The summed E-state index contributed by atoms with van der Waals surface area (Å²) >= 11 is 0. The lowest BCUT2D eigenvalue weighted by Crippen LogP contribution is -2.45. The Balaban J connectivity index is 1.28. The van der Waals surface area contributed by atoms with Crippen LogP contribution in [0.4, 0.5) is 8.78 Å². The summed E-state index contributed by atoms with van der Waals surface area (Å²) in [5, 5.41) is -4.71. The molecule has 4 bridgehead atoms. The fourth-order valence-electron chi connectivity index (χ4n) is 4.79. The number of hydrogen-bond donors (Lipinski definition) is 1. The second-order valence-electron chi connectivity index (χ2n) is 8.01. The molecule has 0 aromatic rings. The predicted molar refractivity (Wildman–Crippen MR) is 88.8 cm³/mol. The third-order valence-corrected chi connectivity index (χ3v) is 7.11. The molecular weight excluding hydrogens is 450 g/mol. The molecule has 5 aliphatic heterocycles. The van der Waals surface area contributed by atoms with Gasteiger partial charge < -0.3 is 23.7 Å². The zero-order valence-corrected chi connectivity index (χ0v) is 16.3. The number of rotatable bonds is 6. The molecule has 1 N–H and O–H groups in total. The molecule has 0 aromatic heterocycles. The van der Waals surface area contributed by atoms with Gasteiger partial charge in [-0.15, -0.1) is 0 Å². The molecule has 0 saturated carbocycles. The van der Waals surface area contributed by atoms with Crippen molar-refractivity contribution in [3.8, 4) is 0 Å². The average molecular weight is 466 g/mol. The molecule has 0 aromatic carbocycles. The van der Waals surface area contributed by atoms with E-state index in [0.717, 1.165) is 0 Å². The van der Waals surface area contributed by atoms with Crippen LogP contribution in [0.15, 0.2) is 12.2 Å². The molecule has 31 heavy (non-hydrogen) atoms. The second-order valence-corrected chi connectivity index (χ2v) is 9.55. The van der Waals surface area contributed by atoms with Crippen LogP contribution in [0.1, 0.15) is 6.42 Å². The molecule has 9 unspecified atom stereocenters. The molecule has 9 atom stereocenters. The SMILES string of the molecule is O=C1OC2C(OC(=O)C3C4C=CC(O4)C3C(=O)OCC(F)(F)S(=O)(=O)O)C3CC1C2O3. The summed E-state index contributed by atoms with van der Waals surface area (Å²) in [4.78, 5) is 37.1. The van der Waals surface area contributed by atoms with Crippen LogP contribution in [-0.4, -0.2) is 79.4 Å². The van der Waals surface area contributed by atoms with Crippen molar-refractivity contribution in [3.05, 3.63) is 12.2 Å². The van der Waals surface area contributed by atoms with Crippen molar-refractivity contribution in [2.45, 2.75) is 48.3 Å². The van der Waals surface area contributed by atoms with Crippen LogP contribution in [-0.2, 0) is 48.2 Å². The maximum Gasteiger partial charge on any atom is 0.402 e. The lowest BCUT2D eigenvalue weighted by molar-refractivity contribution is -0.171. The maximum absolute atomic E-state index is 13.4. The lowest BCUT2D eigenvalue weighted by Gasteiger charge is -2.27. The number of alkyl halides is 2. The fourth-order valence-corrected chi connectivity index (χ4v) is 5.00. The molecule has 5 heterocycles. The van der Waals surface area contributed by atoms with Crippen LogP contribution >= 0.6 is 0 Å². The van der Waals surface area contributed by atoms with Gasteiger partial charge in [-0.2, -0.15) is 17.2 Å². The number of halogens is 2. The highest BCUT2D eigenvalue weighted by molar-refractivity contribution is 7.86. The van der Waals surface area contributed by atoms with E-state index in [0.29, 0.717) is 6.42 Å². The summed E-state index contributed by atoms with van der Waals surface area (Å²) in [5.74, 6) is -5.62. The summed E-state index contributed by atoms with van der Waals surface area (Å²) in [6, 6.07) is 0. The highest BCUT2D eigenvalue weighted by Crippen LogP contribution is 2.48. The van der Waals surface area contributed by atoms with E-state index in [1.807, 2.05) is 0 Å². The number of carbonyl (C=O) groups is 3. The number of esters is 3. The van der Waals surface area contributed by atoms with Crippen LogP contribution < -0.4 is 0 Å². The van der Waals surface area contributed by atoms with Crippen LogP contribution in [0.3, 0.4) is 0 Å². The smallest absolute Gasteiger partial charge is 0.402 e. The fraction of sp³-hybridized carbons (Fsp3) is 0.706. The maximum atomic E-state index is 13.4. The van der Waals surface area contributed by atoms with Gasteiger partial charge in [0.2, 0.25) is 0 Å². The van der Waals surface area contributed by atoms with Crippen LogP contribution in [0.2, 0.25) is 0 Å². The molecule has 11 nitrogen and oxygen atoms in total. The number of carbonyl (C=O) groups excluding carboxylic acids is 3. The first-order valence-corrected chi connectivity index (χ1v) is 10.8. The number of hydrogen-bond acceptors (Lipinski definition) is 10. The topological polar surface area (TPSA) is 152 Å². The number of fused-ring (bicyclic) bond motifs is 3. The Bertz CT molecular complexity index is 979. The van der Waals surface area contributed by atoms with Crippen molar-refractivity contribution in [3.63, 3.8) is 0 Å². The lowest BCUT2D eigenvalue weighted by atomic mass is 9.82. The Morgan fingerprint density at radius 3 is 2.42 bits per heavy atom. The zero-order chi connectivity index (χ0) is 22.3. The van der Waals surface area contributed by atoms with Crippen molar-refractivity contribution >= 4 is 28.0 Å². The van der Waals surface area contributed by atoms with Crippen LogP contribution in [0.25, 0.3) is 0 Å². The van der Waals surface area contributed by atoms with E-state index in [2.05, 4.69) is 4.74 Å². The summed E-state index contributed by atoms with van der Waals surface area (Å²) < 4.78 is 82.9. The van der Waals surface area contributed by atoms with Crippen molar-refractivity contribution in [1.29, 1.82) is 0 Å². The third kappa shape index (κ3) is 3.07. The Labute approximate surface area is 173 Å². The largest absolute Gasteiger partial charge is 0.458 e. The highest BCUT2D eigenvalue weighted by atomic mass is 32.2.